The van der Waals surface area contributed by atoms with Crippen LogP contribution in [0.4, 0.5) is 29.3 Å². The maximum Gasteiger partial charge on any atom is 0.513 e. The van der Waals surface area contributed by atoms with Crippen molar-refractivity contribution in [3.05, 3.63) is 69.5 Å². The van der Waals surface area contributed by atoms with E-state index < -0.39 is 23.5 Å². The van der Waals surface area contributed by atoms with E-state index in [-0.39, 0.29) is 41.4 Å². The van der Waals surface area contributed by atoms with E-state index in [9.17, 15) is 22.8 Å². The van der Waals surface area contributed by atoms with Crippen LogP contribution < -0.4 is 10.5 Å². The summed E-state index contributed by atoms with van der Waals surface area (Å²) in [6, 6.07) is 6.50. The van der Waals surface area contributed by atoms with Crippen LogP contribution in [-0.4, -0.2) is 17.7 Å². The number of halogens is 3. The summed E-state index contributed by atoms with van der Waals surface area (Å²) in [5, 5.41) is 0. The van der Waals surface area contributed by atoms with Gasteiger partial charge in [-0.2, -0.15) is 13.2 Å². The topological polar surface area (TPSA) is 71.6 Å². The number of pyridine rings is 1. The van der Waals surface area contributed by atoms with Crippen molar-refractivity contribution in [1.29, 1.82) is 0 Å². The average Bonchev–Trinajstić information content (AvgIpc) is 2.63. The maximum absolute atomic E-state index is 13.6. The number of H-pyrrole nitrogens is 1. The summed E-state index contributed by atoms with van der Waals surface area (Å²) in [4.78, 5) is 27.8. The molecular weight excluding hydrogens is 377 g/mol. The van der Waals surface area contributed by atoms with Gasteiger partial charge < -0.3 is 19.4 Å². The van der Waals surface area contributed by atoms with Crippen molar-refractivity contribution in [2.45, 2.75) is 26.4 Å². The van der Waals surface area contributed by atoms with Gasteiger partial charge in [0.2, 0.25) is 0 Å². The molecule has 1 aliphatic heterocycles. The largest absolute Gasteiger partial charge is 0.513 e. The number of aromatic amines is 1. The summed E-state index contributed by atoms with van der Waals surface area (Å²) in [6.45, 7) is 3.18. The van der Waals surface area contributed by atoms with Crippen LogP contribution in [0.1, 0.15) is 25.0 Å². The van der Waals surface area contributed by atoms with Crippen molar-refractivity contribution in [3.8, 4) is 0 Å². The number of para-hydroxylation sites is 1. The molecule has 1 N–H and O–H groups in total. The number of fused-ring (bicyclic) bond motifs is 1. The lowest BCUT2D eigenvalue weighted by atomic mass is 10.0. The second-order valence-electron chi connectivity index (χ2n) is 5.99. The number of nitrogens with zero attached hydrogens (tertiary/aromatic N) is 1. The molecule has 28 heavy (non-hydrogen) atoms. The molecule has 2 aromatic rings. The van der Waals surface area contributed by atoms with E-state index in [0.29, 0.717) is 0 Å². The summed E-state index contributed by atoms with van der Waals surface area (Å²) in [5.74, 6) is 0.0413. The third-order valence-corrected chi connectivity index (χ3v) is 4.28. The molecule has 0 bridgehead atoms. The quantitative estimate of drug-likeness (QED) is 0.777. The predicted molar refractivity (Wildman–Crippen MR) is 95.2 cm³/mol. The van der Waals surface area contributed by atoms with Crippen LogP contribution >= 0.6 is 0 Å². The Morgan fingerprint density at radius 1 is 1.21 bits per heavy atom. The van der Waals surface area contributed by atoms with Crippen molar-refractivity contribution >= 4 is 17.5 Å². The van der Waals surface area contributed by atoms with Gasteiger partial charge in [0.05, 0.1) is 29.2 Å². The Bertz CT molecular complexity index is 995. The van der Waals surface area contributed by atoms with E-state index in [1.165, 1.54) is 42.3 Å². The third-order valence-electron chi connectivity index (χ3n) is 4.28. The number of alkyl halides is 3. The lowest BCUT2D eigenvalue weighted by molar-refractivity contribution is -0.137. The molecule has 0 saturated heterocycles. The lowest BCUT2D eigenvalue weighted by Gasteiger charge is -2.34. The van der Waals surface area contributed by atoms with Crippen LogP contribution in [-0.2, 0) is 22.1 Å². The number of benzene rings is 1. The molecule has 9 heteroatoms. The first-order chi connectivity index (χ1) is 13.2. The molecule has 1 aliphatic rings. The molecule has 0 saturated carbocycles. The highest BCUT2D eigenvalue weighted by Crippen LogP contribution is 2.43. The van der Waals surface area contributed by atoms with Gasteiger partial charge in [0.25, 0.3) is 5.56 Å². The minimum Gasteiger partial charge on any atom is -0.434 e. The Morgan fingerprint density at radius 2 is 1.93 bits per heavy atom. The van der Waals surface area contributed by atoms with Crippen LogP contribution in [0, 0.1) is 0 Å². The smallest absolute Gasteiger partial charge is 0.434 e. The minimum atomic E-state index is -4.61. The van der Waals surface area contributed by atoms with Gasteiger partial charge in [0.15, 0.2) is 0 Å². The van der Waals surface area contributed by atoms with Gasteiger partial charge >= 0.3 is 12.3 Å². The Kier molecular flexibility index (Phi) is 5.17. The van der Waals surface area contributed by atoms with Crippen molar-refractivity contribution in [2.75, 3.05) is 11.5 Å². The molecule has 0 unspecified atom stereocenters. The summed E-state index contributed by atoms with van der Waals surface area (Å²) in [5.41, 5.74) is -0.812. The van der Waals surface area contributed by atoms with Crippen LogP contribution in [0.25, 0.3) is 0 Å². The second-order valence-corrected chi connectivity index (χ2v) is 5.99. The summed E-state index contributed by atoms with van der Waals surface area (Å²) in [7, 11) is 0. The normalized spacial score (nSPS) is 14.0. The number of aromatic nitrogens is 1. The fourth-order valence-corrected chi connectivity index (χ4v) is 3.05. The van der Waals surface area contributed by atoms with Crippen molar-refractivity contribution in [2.24, 2.45) is 0 Å². The Hall–Kier alpha value is -3.23. The van der Waals surface area contributed by atoms with Gasteiger partial charge in [-0.05, 0) is 32.0 Å². The van der Waals surface area contributed by atoms with Crippen molar-refractivity contribution in [1.82, 2.24) is 4.98 Å². The lowest BCUT2D eigenvalue weighted by Crippen LogP contribution is -2.30. The highest BCUT2D eigenvalue weighted by molar-refractivity contribution is 5.76. The zero-order chi connectivity index (χ0) is 20.5. The molecule has 0 atom stereocenters. The van der Waals surface area contributed by atoms with Gasteiger partial charge in [-0.3, -0.25) is 4.79 Å². The molecule has 1 aromatic heterocycles. The number of anilines is 2. The zero-order valence-corrected chi connectivity index (χ0v) is 15.1. The number of carbonyl (C=O) groups excluding carboxylic acids is 1. The number of nitrogens with one attached hydrogen (secondary N) is 1. The molecule has 0 fully saturated rings. The molecule has 148 valence electrons. The average molecular weight is 394 g/mol. The fraction of sp³-hybridized carbons (Fsp3) is 0.263. The van der Waals surface area contributed by atoms with Crippen LogP contribution in [0.2, 0.25) is 0 Å². The summed E-state index contributed by atoms with van der Waals surface area (Å²) >= 11 is 0. The number of hydrogen-bond acceptors (Lipinski definition) is 5. The highest BCUT2D eigenvalue weighted by atomic mass is 19.4. The van der Waals surface area contributed by atoms with E-state index in [4.69, 9.17) is 9.47 Å². The molecule has 0 spiro atoms. The molecule has 3 rings (SSSR count). The monoisotopic (exact) mass is 394 g/mol. The molecule has 0 aliphatic carbocycles. The number of ether oxygens (including phenoxy) is 2. The first kappa shape index (κ1) is 19.5. The first-order valence-corrected chi connectivity index (χ1v) is 8.45. The van der Waals surface area contributed by atoms with E-state index >= 15 is 0 Å². The number of allylic oxidation sites excluding steroid dienone is 2. The fourth-order valence-electron chi connectivity index (χ4n) is 3.05. The third kappa shape index (κ3) is 3.60. The number of hydrogen-bond donors (Lipinski definition) is 1. The Labute approximate surface area is 158 Å². The van der Waals surface area contributed by atoms with Crippen LogP contribution in [0.3, 0.4) is 0 Å². The molecular formula is C19H17F3N2O4. The van der Waals surface area contributed by atoms with E-state index in [0.717, 1.165) is 6.07 Å². The summed E-state index contributed by atoms with van der Waals surface area (Å²) in [6.07, 6.45) is -4.30. The molecule has 6 nitrogen and oxygen atoms in total. The SMILES string of the molecule is CCOC(=O)OC1=C(C)N(c2ccccc2C(F)(F)F)c2cc[nH]c(=O)c2C1. The highest BCUT2D eigenvalue weighted by Gasteiger charge is 2.37. The molecule has 1 aromatic carbocycles. The maximum atomic E-state index is 13.6. The van der Waals surface area contributed by atoms with E-state index in [1.807, 2.05) is 0 Å². The Morgan fingerprint density at radius 3 is 2.61 bits per heavy atom. The molecule has 0 amide bonds. The van der Waals surface area contributed by atoms with Crippen LogP contribution in [0.15, 0.2) is 52.8 Å². The van der Waals surface area contributed by atoms with Crippen molar-refractivity contribution < 1.29 is 27.4 Å². The summed E-state index contributed by atoms with van der Waals surface area (Å²) < 4.78 is 50.7. The zero-order valence-electron chi connectivity index (χ0n) is 15.1. The van der Waals surface area contributed by atoms with Crippen molar-refractivity contribution in [3.63, 3.8) is 0 Å². The standard InChI is InChI=1S/C19H17F3N2O4/c1-3-27-18(26)28-16-10-12-14(8-9-23-17(12)25)24(11(16)2)15-7-5-4-6-13(15)19(20,21)22/h4-9H,3,10H2,1-2H3,(H,23,25). The van der Waals surface area contributed by atoms with E-state index in [1.54, 1.807) is 6.92 Å². The van der Waals surface area contributed by atoms with Gasteiger partial charge in [-0.1, -0.05) is 12.1 Å². The first-order valence-electron chi connectivity index (χ1n) is 8.45. The molecule has 2 heterocycles. The minimum absolute atomic E-state index is 0.0413. The second kappa shape index (κ2) is 7.41. The predicted octanol–water partition coefficient (Wildman–Crippen LogP) is 4.49. The number of rotatable bonds is 3. The van der Waals surface area contributed by atoms with Gasteiger partial charge in [-0.15, -0.1) is 0 Å². The number of carbonyl (C=O) groups is 1. The van der Waals surface area contributed by atoms with E-state index in [2.05, 4.69) is 4.98 Å². The van der Waals surface area contributed by atoms with Gasteiger partial charge in [0.1, 0.15) is 5.76 Å². The molecule has 0 radical (unpaired) electrons. The van der Waals surface area contributed by atoms with Gasteiger partial charge in [0, 0.05) is 18.2 Å². The van der Waals surface area contributed by atoms with Crippen LogP contribution in [0.5, 0.6) is 0 Å². The van der Waals surface area contributed by atoms with Gasteiger partial charge in [-0.25, -0.2) is 4.79 Å². The Balaban J connectivity index is 2.21.